The monoisotopic (exact) mass is 417 g/mol. The lowest BCUT2D eigenvalue weighted by atomic mass is 9.89. The molecule has 0 fully saturated rings. The summed E-state index contributed by atoms with van der Waals surface area (Å²) >= 11 is 1.47. The van der Waals surface area contributed by atoms with Crippen LogP contribution in [0.15, 0.2) is 52.6 Å². The van der Waals surface area contributed by atoms with Gasteiger partial charge >= 0.3 is 0 Å². The molecule has 0 amide bonds. The quantitative estimate of drug-likeness (QED) is 0.373. The third-order valence-corrected chi connectivity index (χ3v) is 6.54. The Morgan fingerprint density at radius 2 is 1.83 bits per heavy atom. The number of aromatic nitrogens is 2. The Morgan fingerprint density at radius 1 is 1.07 bits per heavy atom. The van der Waals surface area contributed by atoms with E-state index >= 15 is 0 Å². The van der Waals surface area contributed by atoms with E-state index < -0.39 is 4.92 Å². The highest BCUT2D eigenvalue weighted by molar-refractivity contribution is 7.17. The van der Waals surface area contributed by atoms with Gasteiger partial charge in [0.05, 0.1) is 10.3 Å². The first kappa shape index (κ1) is 18.7. The number of thiophene rings is 1. The molecule has 30 heavy (non-hydrogen) atoms. The summed E-state index contributed by atoms with van der Waals surface area (Å²) in [5, 5.41) is 13.4. The molecule has 0 unspecified atom stereocenters. The van der Waals surface area contributed by atoms with E-state index in [2.05, 4.69) is 28.2 Å². The number of hydrogen-bond acceptors (Lipinski definition) is 5. The van der Waals surface area contributed by atoms with Crippen molar-refractivity contribution in [3.05, 3.63) is 90.8 Å². The summed E-state index contributed by atoms with van der Waals surface area (Å²) in [4.78, 5) is 31.5. The average Bonchev–Trinajstić information content (AvgIpc) is 3.18. The van der Waals surface area contributed by atoms with Crippen LogP contribution in [0.1, 0.15) is 35.4 Å². The maximum atomic E-state index is 12.9. The summed E-state index contributed by atoms with van der Waals surface area (Å²) in [7, 11) is 0. The highest BCUT2D eigenvalue weighted by atomic mass is 32.1. The van der Waals surface area contributed by atoms with Crippen LogP contribution in [0.4, 0.5) is 5.69 Å². The fourth-order valence-corrected chi connectivity index (χ4v) is 5.09. The van der Waals surface area contributed by atoms with Gasteiger partial charge in [0, 0.05) is 29.5 Å². The minimum Gasteiger partial charge on any atom is -0.310 e. The number of nitrogens with one attached hydrogen (secondary N) is 1. The van der Waals surface area contributed by atoms with Crippen LogP contribution in [-0.4, -0.2) is 14.9 Å². The molecule has 1 aliphatic carbocycles. The Kier molecular flexibility index (Phi) is 4.67. The normalized spacial score (nSPS) is 13.3. The zero-order valence-electron chi connectivity index (χ0n) is 16.2. The van der Waals surface area contributed by atoms with Gasteiger partial charge in [-0.1, -0.05) is 30.3 Å². The number of aromatic amines is 1. The van der Waals surface area contributed by atoms with E-state index in [0.29, 0.717) is 22.5 Å². The highest BCUT2D eigenvalue weighted by Crippen LogP contribution is 2.33. The molecule has 0 spiro atoms. The van der Waals surface area contributed by atoms with E-state index in [1.54, 1.807) is 12.1 Å². The molecule has 0 saturated heterocycles. The number of nitrogens with zero attached hydrogens (tertiary/aromatic N) is 2. The van der Waals surface area contributed by atoms with Crippen LogP contribution in [0, 0.1) is 10.1 Å². The molecular formula is C23H19N3O3S. The Hall–Kier alpha value is -3.32. The maximum absolute atomic E-state index is 12.9. The maximum Gasteiger partial charge on any atom is 0.269 e. The van der Waals surface area contributed by atoms with Gasteiger partial charge in [-0.25, -0.2) is 4.98 Å². The molecule has 6 nitrogen and oxygen atoms in total. The van der Waals surface area contributed by atoms with Gasteiger partial charge in [0.15, 0.2) is 0 Å². The number of benzene rings is 2. The Morgan fingerprint density at radius 3 is 2.60 bits per heavy atom. The lowest BCUT2D eigenvalue weighted by Crippen LogP contribution is -2.12. The molecule has 0 bridgehead atoms. The Balaban J connectivity index is 1.49. The Labute approximate surface area is 176 Å². The minimum atomic E-state index is -0.427. The van der Waals surface area contributed by atoms with Gasteiger partial charge in [0.1, 0.15) is 10.7 Å². The van der Waals surface area contributed by atoms with E-state index in [1.807, 2.05) is 5.38 Å². The molecule has 5 rings (SSSR count). The second-order valence-electron chi connectivity index (χ2n) is 7.63. The van der Waals surface area contributed by atoms with Gasteiger partial charge in [-0.3, -0.25) is 14.9 Å². The predicted molar refractivity (Wildman–Crippen MR) is 118 cm³/mol. The number of nitro benzene ring substituents is 1. The first-order chi connectivity index (χ1) is 14.6. The summed E-state index contributed by atoms with van der Waals surface area (Å²) in [6.07, 6.45) is 5.10. The van der Waals surface area contributed by atoms with Gasteiger partial charge in [-0.2, -0.15) is 0 Å². The molecule has 150 valence electrons. The van der Waals surface area contributed by atoms with E-state index in [9.17, 15) is 14.9 Å². The molecule has 7 heteroatoms. The van der Waals surface area contributed by atoms with E-state index in [4.69, 9.17) is 0 Å². The van der Waals surface area contributed by atoms with Gasteiger partial charge in [-0.15, -0.1) is 11.3 Å². The zero-order chi connectivity index (χ0) is 20.7. The Bertz CT molecular complexity index is 1320. The lowest BCUT2D eigenvalue weighted by Gasteiger charge is -2.16. The standard InChI is InChI=1S/C23H19N3O3S/c27-22-21-19(17-8-7-15-3-1-2-4-16(15)12-17)13-30-23(21)25-20(24-22)11-14-5-9-18(10-6-14)26(28)29/h5-10,12-13H,1-4,11H2,(H,24,25,27). The molecule has 2 aromatic carbocycles. The SMILES string of the molecule is O=c1[nH]c(Cc2ccc([N+](=O)[O-])cc2)nc2scc(-c3ccc4c(c3)CCCC4)c12. The van der Waals surface area contributed by atoms with Crippen LogP contribution in [0.25, 0.3) is 21.3 Å². The number of aryl methyl sites for hydroxylation is 2. The molecule has 2 heterocycles. The first-order valence-corrected chi connectivity index (χ1v) is 10.8. The van der Waals surface area contributed by atoms with E-state index in [-0.39, 0.29) is 11.2 Å². The summed E-state index contributed by atoms with van der Waals surface area (Å²) in [5.74, 6) is 0.556. The third kappa shape index (κ3) is 3.41. The second kappa shape index (κ2) is 7.50. The van der Waals surface area contributed by atoms with Crippen molar-refractivity contribution in [2.45, 2.75) is 32.1 Å². The summed E-state index contributed by atoms with van der Waals surface area (Å²) in [6.45, 7) is 0. The topological polar surface area (TPSA) is 88.9 Å². The van der Waals surface area contributed by atoms with Crippen molar-refractivity contribution in [1.82, 2.24) is 9.97 Å². The van der Waals surface area contributed by atoms with E-state index in [1.165, 1.54) is 47.4 Å². The van der Waals surface area contributed by atoms with Crippen molar-refractivity contribution in [3.63, 3.8) is 0 Å². The molecule has 0 aliphatic heterocycles. The molecule has 0 atom stereocenters. The number of rotatable bonds is 4. The predicted octanol–water partition coefficient (Wildman–Crippen LogP) is 5.03. The molecule has 2 aromatic heterocycles. The number of hydrogen-bond donors (Lipinski definition) is 1. The highest BCUT2D eigenvalue weighted by Gasteiger charge is 2.16. The van der Waals surface area contributed by atoms with Crippen molar-refractivity contribution < 1.29 is 4.92 Å². The third-order valence-electron chi connectivity index (χ3n) is 5.67. The van der Waals surface area contributed by atoms with Crippen molar-refractivity contribution in [2.24, 2.45) is 0 Å². The van der Waals surface area contributed by atoms with Crippen molar-refractivity contribution >= 4 is 27.2 Å². The lowest BCUT2D eigenvalue weighted by molar-refractivity contribution is -0.384. The van der Waals surface area contributed by atoms with Gasteiger partial charge in [0.25, 0.3) is 11.2 Å². The average molecular weight is 417 g/mol. The van der Waals surface area contributed by atoms with Gasteiger partial charge in [-0.05, 0) is 47.9 Å². The number of non-ortho nitro benzene ring substituents is 1. The van der Waals surface area contributed by atoms with Crippen LogP contribution in [-0.2, 0) is 19.3 Å². The smallest absolute Gasteiger partial charge is 0.269 e. The van der Waals surface area contributed by atoms with Crippen LogP contribution < -0.4 is 5.56 Å². The van der Waals surface area contributed by atoms with Crippen molar-refractivity contribution in [3.8, 4) is 11.1 Å². The fraction of sp³-hybridized carbons (Fsp3) is 0.217. The van der Waals surface area contributed by atoms with E-state index in [0.717, 1.165) is 29.5 Å². The summed E-state index contributed by atoms with van der Waals surface area (Å²) in [6, 6.07) is 12.8. The summed E-state index contributed by atoms with van der Waals surface area (Å²) < 4.78 is 0. The minimum absolute atomic E-state index is 0.0450. The fourth-order valence-electron chi connectivity index (χ4n) is 4.12. The van der Waals surface area contributed by atoms with Crippen molar-refractivity contribution in [2.75, 3.05) is 0 Å². The molecular weight excluding hydrogens is 398 g/mol. The van der Waals surface area contributed by atoms with Gasteiger partial charge in [0.2, 0.25) is 0 Å². The van der Waals surface area contributed by atoms with Crippen LogP contribution >= 0.6 is 11.3 Å². The number of fused-ring (bicyclic) bond motifs is 2. The van der Waals surface area contributed by atoms with Crippen LogP contribution in [0.2, 0.25) is 0 Å². The summed E-state index contributed by atoms with van der Waals surface area (Å²) in [5.41, 5.74) is 5.56. The first-order valence-electron chi connectivity index (χ1n) is 9.94. The molecule has 0 radical (unpaired) electrons. The van der Waals surface area contributed by atoms with Crippen LogP contribution in [0.5, 0.6) is 0 Å². The molecule has 4 aromatic rings. The van der Waals surface area contributed by atoms with Gasteiger partial charge < -0.3 is 4.98 Å². The molecule has 1 aliphatic rings. The number of nitro groups is 1. The molecule has 0 saturated carbocycles. The largest absolute Gasteiger partial charge is 0.310 e. The number of H-pyrrole nitrogens is 1. The van der Waals surface area contributed by atoms with Crippen LogP contribution in [0.3, 0.4) is 0 Å². The molecule has 1 N–H and O–H groups in total. The second-order valence-corrected chi connectivity index (χ2v) is 8.49. The van der Waals surface area contributed by atoms with Crippen molar-refractivity contribution in [1.29, 1.82) is 0 Å². The zero-order valence-corrected chi connectivity index (χ0v) is 17.0.